The molecule has 0 aliphatic heterocycles. The lowest BCUT2D eigenvalue weighted by Gasteiger charge is -2.19. The molecular weight excluding hydrogens is 300 g/mol. The van der Waals surface area contributed by atoms with Crippen LogP contribution in [0.4, 0.5) is 5.82 Å². The Morgan fingerprint density at radius 2 is 1.83 bits per heavy atom. The molecule has 0 aliphatic carbocycles. The first kappa shape index (κ1) is 18.5. The molecule has 0 aliphatic rings. The topological polar surface area (TPSA) is 50.9 Å². The molecule has 0 radical (unpaired) electrons. The SMILES string of the molecule is Cc1cc(C)n(CC(C)NCc2c(C(C)C)nn(C)c2N(C)C)n1. The molecule has 2 rings (SSSR count). The van der Waals surface area contributed by atoms with E-state index in [0.717, 1.165) is 18.8 Å². The first-order valence-electron chi connectivity index (χ1n) is 8.68. The van der Waals surface area contributed by atoms with Crippen LogP contribution in [0.5, 0.6) is 0 Å². The zero-order valence-corrected chi connectivity index (χ0v) is 16.4. The maximum atomic E-state index is 4.73. The highest BCUT2D eigenvalue weighted by Crippen LogP contribution is 2.27. The van der Waals surface area contributed by atoms with Gasteiger partial charge in [-0.15, -0.1) is 0 Å². The average molecular weight is 332 g/mol. The number of anilines is 1. The van der Waals surface area contributed by atoms with Crippen LogP contribution in [0.3, 0.4) is 0 Å². The summed E-state index contributed by atoms with van der Waals surface area (Å²) in [5, 5.41) is 12.9. The molecule has 0 bridgehead atoms. The van der Waals surface area contributed by atoms with Gasteiger partial charge >= 0.3 is 0 Å². The molecule has 134 valence electrons. The highest BCUT2D eigenvalue weighted by Gasteiger charge is 2.20. The second kappa shape index (κ2) is 7.38. The molecule has 24 heavy (non-hydrogen) atoms. The normalized spacial score (nSPS) is 12.9. The van der Waals surface area contributed by atoms with Crippen LogP contribution in [0.15, 0.2) is 6.07 Å². The standard InChI is InChI=1S/C18H32N6/c1-12(2)17-16(18(22(6)7)23(8)21-17)10-19-14(4)11-24-15(5)9-13(3)20-24/h9,12,14,19H,10-11H2,1-8H3. The van der Waals surface area contributed by atoms with Crippen molar-refractivity contribution in [3.8, 4) is 0 Å². The molecule has 6 nitrogen and oxygen atoms in total. The quantitative estimate of drug-likeness (QED) is 0.847. The number of aryl methyl sites for hydroxylation is 3. The Balaban J connectivity index is 2.12. The minimum absolute atomic E-state index is 0.332. The Morgan fingerprint density at radius 3 is 2.33 bits per heavy atom. The lowest BCUT2D eigenvalue weighted by atomic mass is 10.1. The van der Waals surface area contributed by atoms with Crippen LogP contribution in [0.1, 0.15) is 49.3 Å². The van der Waals surface area contributed by atoms with Crippen molar-refractivity contribution in [3.63, 3.8) is 0 Å². The molecule has 0 amide bonds. The van der Waals surface area contributed by atoms with E-state index in [2.05, 4.69) is 67.9 Å². The van der Waals surface area contributed by atoms with E-state index in [1.807, 2.05) is 18.7 Å². The number of aromatic nitrogens is 4. The largest absolute Gasteiger partial charge is 0.363 e. The van der Waals surface area contributed by atoms with Crippen LogP contribution in [0.2, 0.25) is 0 Å². The van der Waals surface area contributed by atoms with E-state index in [1.165, 1.54) is 22.8 Å². The van der Waals surface area contributed by atoms with Gasteiger partial charge in [0, 0.05) is 45.0 Å². The molecule has 0 saturated heterocycles. The fourth-order valence-electron chi connectivity index (χ4n) is 3.23. The minimum Gasteiger partial charge on any atom is -0.363 e. The molecule has 1 atom stereocenters. The molecule has 0 spiro atoms. The molecule has 2 aromatic rings. The molecule has 1 N–H and O–H groups in total. The van der Waals surface area contributed by atoms with E-state index in [4.69, 9.17) is 5.10 Å². The zero-order valence-electron chi connectivity index (χ0n) is 16.4. The Bertz CT molecular complexity index is 680. The summed E-state index contributed by atoms with van der Waals surface area (Å²) in [5.41, 5.74) is 4.74. The van der Waals surface area contributed by atoms with Gasteiger partial charge in [-0.05, 0) is 32.8 Å². The van der Waals surface area contributed by atoms with Crippen molar-refractivity contribution in [1.82, 2.24) is 24.9 Å². The van der Waals surface area contributed by atoms with Crippen molar-refractivity contribution in [3.05, 3.63) is 28.7 Å². The number of hydrogen-bond donors (Lipinski definition) is 1. The fraction of sp³-hybridized carbons (Fsp3) is 0.667. The summed E-state index contributed by atoms with van der Waals surface area (Å²) >= 11 is 0. The van der Waals surface area contributed by atoms with Gasteiger partial charge in [0.2, 0.25) is 0 Å². The van der Waals surface area contributed by atoms with Crippen LogP contribution in [-0.2, 0) is 20.1 Å². The molecule has 0 aromatic carbocycles. The van der Waals surface area contributed by atoms with Crippen molar-refractivity contribution in [2.75, 3.05) is 19.0 Å². The third-order valence-electron chi connectivity index (χ3n) is 4.29. The Kier molecular flexibility index (Phi) is 5.70. The molecule has 2 heterocycles. The van der Waals surface area contributed by atoms with E-state index in [1.54, 1.807) is 0 Å². The first-order valence-corrected chi connectivity index (χ1v) is 8.68. The summed E-state index contributed by atoms with van der Waals surface area (Å²) in [5.74, 6) is 1.58. The summed E-state index contributed by atoms with van der Waals surface area (Å²) in [7, 11) is 6.16. The monoisotopic (exact) mass is 332 g/mol. The second-order valence-electron chi connectivity index (χ2n) is 7.25. The van der Waals surface area contributed by atoms with Crippen LogP contribution >= 0.6 is 0 Å². The van der Waals surface area contributed by atoms with Gasteiger partial charge in [-0.3, -0.25) is 9.36 Å². The van der Waals surface area contributed by atoms with Gasteiger partial charge in [-0.2, -0.15) is 10.2 Å². The van der Waals surface area contributed by atoms with Crippen molar-refractivity contribution < 1.29 is 0 Å². The van der Waals surface area contributed by atoms with E-state index in [-0.39, 0.29) is 0 Å². The molecule has 2 aromatic heterocycles. The summed E-state index contributed by atoms with van der Waals surface area (Å²) in [6.45, 7) is 12.4. The van der Waals surface area contributed by atoms with Gasteiger partial charge in [0.1, 0.15) is 5.82 Å². The van der Waals surface area contributed by atoms with Crippen LogP contribution in [-0.4, -0.2) is 39.7 Å². The van der Waals surface area contributed by atoms with E-state index in [9.17, 15) is 0 Å². The summed E-state index contributed by atoms with van der Waals surface area (Å²) in [6.07, 6.45) is 0. The van der Waals surface area contributed by atoms with Crippen molar-refractivity contribution in [2.24, 2.45) is 7.05 Å². The third kappa shape index (κ3) is 3.98. The van der Waals surface area contributed by atoms with Crippen molar-refractivity contribution >= 4 is 5.82 Å². The molecule has 0 fully saturated rings. The molecular formula is C18H32N6. The lowest BCUT2D eigenvalue weighted by Crippen LogP contribution is -2.31. The summed E-state index contributed by atoms with van der Waals surface area (Å²) < 4.78 is 4.06. The highest BCUT2D eigenvalue weighted by atomic mass is 15.4. The molecule has 6 heteroatoms. The maximum Gasteiger partial charge on any atom is 0.130 e. The van der Waals surface area contributed by atoms with Gasteiger partial charge in [-0.25, -0.2) is 0 Å². The molecule has 1 unspecified atom stereocenters. The summed E-state index contributed by atoms with van der Waals surface area (Å²) in [6, 6.07) is 2.45. The maximum absolute atomic E-state index is 4.73. The number of nitrogens with zero attached hydrogens (tertiary/aromatic N) is 5. The predicted octanol–water partition coefficient (Wildman–Crippen LogP) is 2.60. The first-order chi connectivity index (χ1) is 11.2. The van der Waals surface area contributed by atoms with Gasteiger partial charge in [0.15, 0.2) is 0 Å². The zero-order chi connectivity index (χ0) is 18.0. The number of hydrogen-bond acceptors (Lipinski definition) is 4. The van der Waals surface area contributed by atoms with E-state index < -0.39 is 0 Å². The number of nitrogens with one attached hydrogen (secondary N) is 1. The smallest absolute Gasteiger partial charge is 0.130 e. The number of rotatable bonds is 7. The van der Waals surface area contributed by atoms with Gasteiger partial charge in [0.25, 0.3) is 0 Å². The van der Waals surface area contributed by atoms with E-state index in [0.29, 0.717) is 12.0 Å². The predicted molar refractivity (Wildman–Crippen MR) is 99.6 cm³/mol. The highest BCUT2D eigenvalue weighted by molar-refractivity contribution is 5.50. The Hall–Kier alpha value is -1.82. The van der Waals surface area contributed by atoms with Crippen LogP contribution < -0.4 is 10.2 Å². The van der Waals surface area contributed by atoms with Gasteiger partial charge < -0.3 is 10.2 Å². The third-order valence-corrected chi connectivity index (χ3v) is 4.29. The van der Waals surface area contributed by atoms with Crippen molar-refractivity contribution in [2.45, 2.75) is 59.7 Å². The van der Waals surface area contributed by atoms with Crippen LogP contribution in [0, 0.1) is 13.8 Å². The second-order valence-corrected chi connectivity index (χ2v) is 7.25. The fourth-order valence-corrected chi connectivity index (χ4v) is 3.23. The van der Waals surface area contributed by atoms with Gasteiger partial charge in [-0.1, -0.05) is 13.8 Å². The van der Waals surface area contributed by atoms with Crippen LogP contribution in [0.25, 0.3) is 0 Å². The average Bonchev–Trinajstić information content (AvgIpc) is 2.96. The lowest BCUT2D eigenvalue weighted by molar-refractivity contribution is 0.443. The van der Waals surface area contributed by atoms with Crippen molar-refractivity contribution in [1.29, 1.82) is 0 Å². The Morgan fingerprint density at radius 1 is 1.17 bits per heavy atom. The molecule has 0 saturated carbocycles. The Labute approximate surface area is 145 Å². The minimum atomic E-state index is 0.332. The van der Waals surface area contributed by atoms with Gasteiger partial charge in [0.05, 0.1) is 17.9 Å². The van der Waals surface area contributed by atoms with E-state index >= 15 is 0 Å². The summed E-state index contributed by atoms with van der Waals surface area (Å²) in [4.78, 5) is 2.14.